The van der Waals surface area contributed by atoms with Crippen LogP contribution in [0.25, 0.3) is 11.3 Å². The van der Waals surface area contributed by atoms with E-state index in [4.69, 9.17) is 4.74 Å². The number of pyridine rings is 1. The quantitative estimate of drug-likeness (QED) is 0.841. The maximum Gasteiger partial charge on any atom is 0.217 e. The van der Waals surface area contributed by atoms with Gasteiger partial charge in [-0.25, -0.2) is 0 Å². The van der Waals surface area contributed by atoms with Crippen molar-refractivity contribution in [3.63, 3.8) is 0 Å². The maximum absolute atomic E-state index is 11.1. The standard InChI is InChI=1S/C20H26N2O2/c1-14(2)13-24-19-9-10-20(21-12-19)18-7-5-17(6-8-18)11-15(3)22-16(4)23/h5-10,12,14-15H,11,13H2,1-4H3,(H,22,23). The summed E-state index contributed by atoms with van der Waals surface area (Å²) in [6, 6.07) is 12.3. The van der Waals surface area contributed by atoms with E-state index in [0.29, 0.717) is 12.5 Å². The van der Waals surface area contributed by atoms with Gasteiger partial charge in [-0.1, -0.05) is 38.1 Å². The molecule has 0 fully saturated rings. The zero-order valence-corrected chi connectivity index (χ0v) is 14.9. The Labute approximate surface area is 144 Å². The first kappa shape index (κ1) is 18.0. The zero-order chi connectivity index (χ0) is 17.5. The molecule has 24 heavy (non-hydrogen) atoms. The van der Waals surface area contributed by atoms with Gasteiger partial charge in [0.25, 0.3) is 0 Å². The van der Waals surface area contributed by atoms with E-state index in [1.807, 2.05) is 19.1 Å². The molecular formula is C20H26N2O2. The van der Waals surface area contributed by atoms with Crippen molar-refractivity contribution >= 4 is 5.91 Å². The van der Waals surface area contributed by atoms with Gasteiger partial charge in [0.15, 0.2) is 0 Å². The first-order valence-electron chi connectivity index (χ1n) is 8.39. The molecule has 0 saturated carbocycles. The Morgan fingerprint density at radius 2 is 1.83 bits per heavy atom. The summed E-state index contributed by atoms with van der Waals surface area (Å²) in [5.74, 6) is 1.30. The summed E-state index contributed by atoms with van der Waals surface area (Å²) in [7, 11) is 0. The molecule has 1 heterocycles. The van der Waals surface area contributed by atoms with E-state index in [0.717, 1.165) is 23.4 Å². The fourth-order valence-electron chi connectivity index (χ4n) is 2.46. The van der Waals surface area contributed by atoms with Crippen LogP contribution in [0.1, 0.15) is 33.3 Å². The van der Waals surface area contributed by atoms with Gasteiger partial charge >= 0.3 is 0 Å². The maximum atomic E-state index is 11.1. The third kappa shape index (κ3) is 5.69. The van der Waals surface area contributed by atoms with Crippen LogP contribution in [0.3, 0.4) is 0 Å². The fraction of sp³-hybridized carbons (Fsp3) is 0.400. The molecule has 1 aromatic heterocycles. The minimum Gasteiger partial charge on any atom is -0.492 e. The molecule has 128 valence electrons. The Morgan fingerprint density at radius 1 is 1.12 bits per heavy atom. The van der Waals surface area contributed by atoms with E-state index in [-0.39, 0.29) is 11.9 Å². The predicted octanol–water partition coefficient (Wildman–Crippen LogP) is 3.85. The molecule has 2 aromatic rings. The molecule has 0 aliphatic rings. The fourth-order valence-corrected chi connectivity index (χ4v) is 2.46. The van der Waals surface area contributed by atoms with Crippen molar-refractivity contribution in [3.05, 3.63) is 48.2 Å². The van der Waals surface area contributed by atoms with Crippen LogP contribution in [-0.4, -0.2) is 23.5 Å². The lowest BCUT2D eigenvalue weighted by molar-refractivity contribution is -0.119. The number of nitrogens with one attached hydrogen (secondary N) is 1. The van der Waals surface area contributed by atoms with Crippen LogP contribution < -0.4 is 10.1 Å². The van der Waals surface area contributed by atoms with Crippen molar-refractivity contribution in [1.82, 2.24) is 10.3 Å². The number of benzene rings is 1. The van der Waals surface area contributed by atoms with Gasteiger partial charge in [0.05, 0.1) is 18.5 Å². The molecule has 4 heteroatoms. The molecule has 1 aromatic carbocycles. The molecule has 0 bridgehead atoms. The lowest BCUT2D eigenvalue weighted by Gasteiger charge is -2.12. The minimum absolute atomic E-state index is 0.00287. The SMILES string of the molecule is CC(=O)NC(C)Cc1ccc(-c2ccc(OCC(C)C)cn2)cc1. The van der Waals surface area contributed by atoms with Gasteiger partial charge in [-0.15, -0.1) is 0 Å². The molecule has 1 unspecified atom stereocenters. The Balaban J connectivity index is 1.98. The van der Waals surface area contributed by atoms with Crippen molar-refractivity contribution < 1.29 is 9.53 Å². The van der Waals surface area contributed by atoms with Gasteiger partial charge in [-0.2, -0.15) is 0 Å². The lowest BCUT2D eigenvalue weighted by atomic mass is 10.0. The second kappa shape index (κ2) is 8.48. The van der Waals surface area contributed by atoms with E-state index in [2.05, 4.69) is 48.4 Å². The zero-order valence-electron chi connectivity index (χ0n) is 14.9. The highest BCUT2D eigenvalue weighted by Crippen LogP contribution is 2.20. The van der Waals surface area contributed by atoms with Gasteiger partial charge in [-0.05, 0) is 37.0 Å². The Hall–Kier alpha value is -2.36. The summed E-state index contributed by atoms with van der Waals surface area (Å²) in [5.41, 5.74) is 3.19. The van der Waals surface area contributed by atoms with Crippen LogP contribution in [0, 0.1) is 5.92 Å². The number of rotatable bonds is 7. The van der Waals surface area contributed by atoms with Crippen LogP contribution in [-0.2, 0) is 11.2 Å². The molecule has 1 N–H and O–H groups in total. The normalized spacial score (nSPS) is 12.0. The van der Waals surface area contributed by atoms with Crippen LogP contribution >= 0.6 is 0 Å². The summed E-state index contributed by atoms with van der Waals surface area (Å²) < 4.78 is 5.66. The highest BCUT2D eigenvalue weighted by Gasteiger charge is 2.06. The number of hydrogen-bond donors (Lipinski definition) is 1. The van der Waals surface area contributed by atoms with Crippen LogP contribution in [0.2, 0.25) is 0 Å². The predicted molar refractivity (Wildman–Crippen MR) is 97.0 cm³/mol. The molecule has 0 spiro atoms. The van der Waals surface area contributed by atoms with E-state index in [1.54, 1.807) is 13.1 Å². The van der Waals surface area contributed by atoms with E-state index in [1.165, 1.54) is 5.56 Å². The van der Waals surface area contributed by atoms with Crippen molar-refractivity contribution in [1.29, 1.82) is 0 Å². The first-order chi connectivity index (χ1) is 11.4. The summed E-state index contributed by atoms with van der Waals surface area (Å²) >= 11 is 0. The number of aromatic nitrogens is 1. The molecule has 0 aliphatic heterocycles. The van der Waals surface area contributed by atoms with E-state index < -0.39 is 0 Å². The van der Waals surface area contributed by atoms with E-state index >= 15 is 0 Å². The highest BCUT2D eigenvalue weighted by molar-refractivity contribution is 5.73. The van der Waals surface area contributed by atoms with Crippen LogP contribution in [0.15, 0.2) is 42.6 Å². The molecule has 0 radical (unpaired) electrons. The molecule has 4 nitrogen and oxygen atoms in total. The van der Waals surface area contributed by atoms with Gasteiger partial charge in [0, 0.05) is 18.5 Å². The van der Waals surface area contributed by atoms with E-state index in [9.17, 15) is 4.79 Å². The smallest absolute Gasteiger partial charge is 0.217 e. The minimum atomic E-state index is 0.00287. The molecule has 1 atom stereocenters. The number of ether oxygens (including phenoxy) is 1. The number of carbonyl (C=O) groups is 1. The number of hydrogen-bond acceptors (Lipinski definition) is 3. The summed E-state index contributed by atoms with van der Waals surface area (Å²) in [6.45, 7) is 8.49. The third-order valence-corrected chi connectivity index (χ3v) is 3.56. The first-order valence-corrected chi connectivity index (χ1v) is 8.39. The number of carbonyl (C=O) groups excluding carboxylic acids is 1. The topological polar surface area (TPSA) is 51.2 Å². The second-order valence-electron chi connectivity index (χ2n) is 6.59. The monoisotopic (exact) mass is 326 g/mol. The van der Waals surface area contributed by atoms with Gasteiger partial charge in [0.1, 0.15) is 5.75 Å². The van der Waals surface area contributed by atoms with Crippen molar-refractivity contribution in [2.45, 2.75) is 40.2 Å². The van der Waals surface area contributed by atoms with Gasteiger partial charge in [-0.3, -0.25) is 9.78 Å². The largest absolute Gasteiger partial charge is 0.492 e. The average molecular weight is 326 g/mol. The van der Waals surface area contributed by atoms with Crippen molar-refractivity contribution in [2.24, 2.45) is 5.92 Å². The molecule has 2 rings (SSSR count). The molecule has 0 aliphatic carbocycles. The van der Waals surface area contributed by atoms with Gasteiger partial charge in [0.2, 0.25) is 5.91 Å². The molecule has 0 saturated heterocycles. The lowest BCUT2D eigenvalue weighted by Crippen LogP contribution is -2.31. The summed E-state index contributed by atoms with van der Waals surface area (Å²) in [5, 5.41) is 2.90. The Kier molecular flexibility index (Phi) is 6.36. The molecule has 1 amide bonds. The average Bonchev–Trinajstić information content (AvgIpc) is 2.53. The van der Waals surface area contributed by atoms with Crippen molar-refractivity contribution in [2.75, 3.05) is 6.61 Å². The number of nitrogens with zero attached hydrogens (tertiary/aromatic N) is 1. The Bertz CT molecular complexity index is 648. The third-order valence-electron chi connectivity index (χ3n) is 3.56. The summed E-state index contributed by atoms with van der Waals surface area (Å²) in [4.78, 5) is 15.5. The van der Waals surface area contributed by atoms with Gasteiger partial charge < -0.3 is 10.1 Å². The number of amides is 1. The Morgan fingerprint density at radius 3 is 2.38 bits per heavy atom. The van der Waals surface area contributed by atoms with Crippen molar-refractivity contribution in [3.8, 4) is 17.0 Å². The highest BCUT2D eigenvalue weighted by atomic mass is 16.5. The summed E-state index contributed by atoms with van der Waals surface area (Å²) in [6.07, 6.45) is 2.58. The van der Waals surface area contributed by atoms with Crippen LogP contribution in [0.5, 0.6) is 5.75 Å². The van der Waals surface area contributed by atoms with Crippen LogP contribution in [0.4, 0.5) is 0 Å². The molecular weight excluding hydrogens is 300 g/mol. The second-order valence-corrected chi connectivity index (χ2v) is 6.59.